The zero-order chi connectivity index (χ0) is 12.5. The van der Waals surface area contributed by atoms with Crippen LogP contribution < -0.4 is 5.32 Å². The van der Waals surface area contributed by atoms with E-state index in [1.165, 1.54) is 5.56 Å². The number of hydrogen-bond acceptors (Lipinski definition) is 4. The minimum atomic E-state index is 0.409. The first-order valence-corrected chi connectivity index (χ1v) is 6.46. The molecule has 1 aliphatic carbocycles. The number of aryl methyl sites for hydroxylation is 1. The summed E-state index contributed by atoms with van der Waals surface area (Å²) in [5, 5.41) is 7.77. The molecule has 1 saturated carbocycles. The number of aromatic nitrogens is 3. The zero-order valence-electron chi connectivity index (χ0n) is 10.8. The summed E-state index contributed by atoms with van der Waals surface area (Å²) < 4.78 is 7.35. The first kappa shape index (κ1) is 11.5. The Kier molecular flexibility index (Phi) is 2.91. The van der Waals surface area contributed by atoms with E-state index in [9.17, 15) is 0 Å². The van der Waals surface area contributed by atoms with Gasteiger partial charge in [0, 0.05) is 18.8 Å². The van der Waals surface area contributed by atoms with Crippen molar-refractivity contribution < 1.29 is 4.74 Å². The Hall–Kier alpha value is -1.62. The fourth-order valence-corrected chi connectivity index (χ4v) is 2.28. The molecule has 5 nitrogen and oxygen atoms in total. The van der Waals surface area contributed by atoms with Gasteiger partial charge >= 0.3 is 0 Å². The Morgan fingerprint density at radius 3 is 3.06 bits per heavy atom. The van der Waals surface area contributed by atoms with Crippen molar-refractivity contribution >= 4 is 11.6 Å². The Morgan fingerprint density at radius 1 is 1.44 bits per heavy atom. The van der Waals surface area contributed by atoms with E-state index in [0.717, 1.165) is 25.1 Å². The SMILES string of the molecule is CCOC1CC(Nc2nc3ccc(C)cn3n2)C1. The molecule has 1 aliphatic rings. The van der Waals surface area contributed by atoms with Crippen LogP contribution in [0.15, 0.2) is 18.3 Å². The van der Waals surface area contributed by atoms with Crippen molar-refractivity contribution in [1.82, 2.24) is 14.6 Å². The van der Waals surface area contributed by atoms with Crippen LogP contribution in [0.4, 0.5) is 5.95 Å². The fraction of sp³-hybridized carbons (Fsp3) is 0.538. The summed E-state index contributed by atoms with van der Waals surface area (Å²) in [7, 11) is 0. The molecule has 18 heavy (non-hydrogen) atoms. The number of pyridine rings is 1. The fourth-order valence-electron chi connectivity index (χ4n) is 2.28. The summed E-state index contributed by atoms with van der Waals surface area (Å²) in [6.07, 6.45) is 4.48. The molecule has 3 rings (SSSR count). The second kappa shape index (κ2) is 4.57. The van der Waals surface area contributed by atoms with E-state index in [1.54, 1.807) is 0 Å². The number of fused-ring (bicyclic) bond motifs is 1. The minimum Gasteiger partial charge on any atom is -0.378 e. The smallest absolute Gasteiger partial charge is 0.243 e. The maximum Gasteiger partial charge on any atom is 0.243 e. The summed E-state index contributed by atoms with van der Waals surface area (Å²) in [5.74, 6) is 0.709. The van der Waals surface area contributed by atoms with Crippen LogP contribution in [-0.4, -0.2) is 33.4 Å². The lowest BCUT2D eigenvalue weighted by Gasteiger charge is -2.34. The van der Waals surface area contributed by atoms with Crippen LogP contribution in [0.2, 0.25) is 0 Å². The van der Waals surface area contributed by atoms with E-state index in [-0.39, 0.29) is 0 Å². The average molecular weight is 246 g/mol. The topological polar surface area (TPSA) is 51.5 Å². The van der Waals surface area contributed by atoms with E-state index < -0.39 is 0 Å². The number of hydrogen-bond donors (Lipinski definition) is 1. The molecule has 0 unspecified atom stereocenters. The van der Waals surface area contributed by atoms with E-state index >= 15 is 0 Å². The predicted octanol–water partition coefficient (Wildman–Crippen LogP) is 2.02. The van der Waals surface area contributed by atoms with Crippen LogP contribution in [0, 0.1) is 6.92 Å². The van der Waals surface area contributed by atoms with Gasteiger partial charge < -0.3 is 10.1 Å². The first-order chi connectivity index (χ1) is 8.74. The number of ether oxygens (including phenoxy) is 1. The molecule has 0 aromatic carbocycles. The number of nitrogens with one attached hydrogen (secondary N) is 1. The quantitative estimate of drug-likeness (QED) is 0.896. The van der Waals surface area contributed by atoms with Crippen LogP contribution in [0.5, 0.6) is 0 Å². The molecule has 5 heteroatoms. The van der Waals surface area contributed by atoms with Gasteiger partial charge in [-0.25, -0.2) is 4.52 Å². The van der Waals surface area contributed by atoms with Crippen LogP contribution in [-0.2, 0) is 4.74 Å². The molecule has 0 amide bonds. The van der Waals surface area contributed by atoms with Crippen molar-refractivity contribution in [2.45, 2.75) is 38.8 Å². The maximum atomic E-state index is 5.53. The van der Waals surface area contributed by atoms with Gasteiger partial charge in [-0.1, -0.05) is 6.07 Å². The predicted molar refractivity (Wildman–Crippen MR) is 69.8 cm³/mol. The van der Waals surface area contributed by atoms with Crippen LogP contribution in [0.1, 0.15) is 25.3 Å². The van der Waals surface area contributed by atoms with E-state index in [0.29, 0.717) is 18.1 Å². The van der Waals surface area contributed by atoms with Gasteiger partial charge in [0.1, 0.15) is 0 Å². The molecular formula is C13H18N4O. The lowest BCUT2D eigenvalue weighted by atomic mass is 9.89. The molecule has 0 radical (unpaired) electrons. The van der Waals surface area contributed by atoms with Crippen molar-refractivity contribution in [2.24, 2.45) is 0 Å². The monoisotopic (exact) mass is 246 g/mol. The lowest BCUT2D eigenvalue weighted by Crippen LogP contribution is -2.41. The van der Waals surface area contributed by atoms with Gasteiger partial charge in [0.25, 0.3) is 0 Å². The van der Waals surface area contributed by atoms with Crippen molar-refractivity contribution in [3.8, 4) is 0 Å². The second-order valence-corrected chi connectivity index (χ2v) is 4.83. The minimum absolute atomic E-state index is 0.409. The van der Waals surface area contributed by atoms with Crippen molar-refractivity contribution in [3.63, 3.8) is 0 Å². The molecule has 0 saturated heterocycles. The molecule has 1 fully saturated rings. The highest BCUT2D eigenvalue weighted by molar-refractivity contribution is 5.44. The van der Waals surface area contributed by atoms with Crippen LogP contribution in [0.25, 0.3) is 5.65 Å². The number of anilines is 1. The molecule has 1 N–H and O–H groups in total. The summed E-state index contributed by atoms with van der Waals surface area (Å²) in [4.78, 5) is 4.45. The highest BCUT2D eigenvalue weighted by Gasteiger charge is 2.30. The van der Waals surface area contributed by atoms with Gasteiger partial charge in [0.15, 0.2) is 5.65 Å². The van der Waals surface area contributed by atoms with Crippen LogP contribution >= 0.6 is 0 Å². The standard InChI is InChI=1S/C13H18N4O/c1-3-18-11-6-10(7-11)14-13-15-12-5-4-9(2)8-17(12)16-13/h4-5,8,10-11H,3,6-7H2,1-2H3,(H,14,16). The molecule has 0 aliphatic heterocycles. The van der Waals surface area contributed by atoms with Gasteiger partial charge in [-0.05, 0) is 38.3 Å². The second-order valence-electron chi connectivity index (χ2n) is 4.83. The van der Waals surface area contributed by atoms with Gasteiger partial charge in [0.2, 0.25) is 5.95 Å². The Balaban J connectivity index is 1.65. The van der Waals surface area contributed by atoms with E-state index in [4.69, 9.17) is 4.74 Å². The summed E-state index contributed by atoms with van der Waals surface area (Å²) in [5.41, 5.74) is 2.06. The average Bonchev–Trinajstić information content (AvgIpc) is 2.68. The Labute approximate surface area is 106 Å². The third-order valence-electron chi connectivity index (χ3n) is 3.31. The van der Waals surface area contributed by atoms with E-state index in [1.807, 2.05) is 36.7 Å². The molecule has 2 aromatic heterocycles. The van der Waals surface area contributed by atoms with Crippen molar-refractivity contribution in [1.29, 1.82) is 0 Å². The molecule has 0 atom stereocenters. The van der Waals surface area contributed by atoms with Crippen molar-refractivity contribution in [2.75, 3.05) is 11.9 Å². The third kappa shape index (κ3) is 2.18. The Morgan fingerprint density at radius 2 is 2.28 bits per heavy atom. The molecule has 0 spiro atoms. The molecule has 2 aromatic rings. The third-order valence-corrected chi connectivity index (χ3v) is 3.31. The largest absolute Gasteiger partial charge is 0.378 e. The number of nitrogens with zero attached hydrogens (tertiary/aromatic N) is 3. The lowest BCUT2D eigenvalue weighted by molar-refractivity contribution is 0.00286. The van der Waals surface area contributed by atoms with Crippen molar-refractivity contribution in [3.05, 3.63) is 23.9 Å². The Bertz CT molecular complexity index is 545. The highest BCUT2D eigenvalue weighted by Crippen LogP contribution is 2.25. The van der Waals surface area contributed by atoms with Gasteiger partial charge in [0.05, 0.1) is 6.10 Å². The number of rotatable bonds is 4. The maximum absolute atomic E-state index is 5.53. The molecule has 96 valence electrons. The summed E-state index contributed by atoms with van der Waals surface area (Å²) in [6.45, 7) is 4.88. The van der Waals surface area contributed by atoms with Gasteiger partial charge in [-0.3, -0.25) is 0 Å². The zero-order valence-corrected chi connectivity index (χ0v) is 10.8. The highest BCUT2D eigenvalue weighted by atomic mass is 16.5. The summed E-state index contributed by atoms with van der Waals surface area (Å²) >= 11 is 0. The molecule has 0 bridgehead atoms. The van der Waals surface area contributed by atoms with Gasteiger partial charge in [-0.2, -0.15) is 4.98 Å². The van der Waals surface area contributed by atoms with E-state index in [2.05, 4.69) is 15.4 Å². The van der Waals surface area contributed by atoms with Gasteiger partial charge in [-0.15, -0.1) is 5.10 Å². The summed E-state index contributed by atoms with van der Waals surface area (Å²) in [6, 6.07) is 4.47. The van der Waals surface area contributed by atoms with Crippen LogP contribution in [0.3, 0.4) is 0 Å². The normalized spacial score (nSPS) is 23.0. The molecule has 2 heterocycles. The first-order valence-electron chi connectivity index (χ1n) is 6.46. The molecular weight excluding hydrogens is 228 g/mol.